The fourth-order valence-corrected chi connectivity index (χ4v) is 1.72. The number of ether oxygens (including phenoxy) is 1. The van der Waals surface area contributed by atoms with Crippen LogP contribution in [0.3, 0.4) is 0 Å². The first-order valence-corrected chi connectivity index (χ1v) is 6.83. The number of anilines is 2. The van der Waals surface area contributed by atoms with Crippen LogP contribution in [-0.4, -0.2) is 24.8 Å². The Hall–Kier alpha value is -1.43. The molecule has 0 bridgehead atoms. The van der Waals surface area contributed by atoms with Crippen molar-refractivity contribution in [3.63, 3.8) is 0 Å². The lowest BCUT2D eigenvalue weighted by Gasteiger charge is -2.19. The molecule has 0 fully saturated rings. The molecule has 0 aliphatic heterocycles. The Morgan fingerprint density at radius 2 is 2.05 bits per heavy atom. The monoisotopic (exact) mass is 329 g/mol. The molecule has 4 N–H and O–H groups in total. The highest BCUT2D eigenvalue weighted by Gasteiger charge is 2.15. The predicted molar refractivity (Wildman–Crippen MR) is 81.3 cm³/mol. The first kappa shape index (κ1) is 15.6. The van der Waals surface area contributed by atoms with Gasteiger partial charge in [0.2, 0.25) is 0 Å². The highest BCUT2D eigenvalue weighted by Crippen LogP contribution is 2.22. The smallest absolute Gasteiger partial charge is 0.407 e. The average molecular weight is 330 g/mol. The van der Waals surface area contributed by atoms with Crippen molar-refractivity contribution in [1.29, 1.82) is 0 Å². The van der Waals surface area contributed by atoms with Crippen LogP contribution in [0.2, 0.25) is 0 Å². The molecule has 0 aliphatic carbocycles. The van der Waals surface area contributed by atoms with Gasteiger partial charge in [-0.1, -0.05) is 15.9 Å². The van der Waals surface area contributed by atoms with Gasteiger partial charge in [-0.2, -0.15) is 0 Å². The van der Waals surface area contributed by atoms with Crippen molar-refractivity contribution in [2.24, 2.45) is 0 Å². The van der Waals surface area contributed by atoms with Gasteiger partial charge in [0.15, 0.2) is 0 Å². The SMILES string of the molecule is CC(C)(C)OC(=O)NCCNc1cc(Br)ccc1N. The molecule has 1 amide bonds. The van der Waals surface area contributed by atoms with Crippen LogP contribution < -0.4 is 16.4 Å². The summed E-state index contributed by atoms with van der Waals surface area (Å²) in [5, 5.41) is 5.81. The summed E-state index contributed by atoms with van der Waals surface area (Å²) < 4.78 is 6.07. The van der Waals surface area contributed by atoms with Crippen molar-refractivity contribution < 1.29 is 9.53 Å². The van der Waals surface area contributed by atoms with Crippen molar-refractivity contribution >= 4 is 33.4 Å². The molecule has 5 nitrogen and oxygen atoms in total. The number of nitrogens with two attached hydrogens (primary N) is 1. The summed E-state index contributed by atoms with van der Waals surface area (Å²) in [6.45, 7) is 6.51. The second kappa shape index (κ2) is 6.65. The molecule has 1 aromatic carbocycles. The van der Waals surface area contributed by atoms with E-state index in [1.807, 2.05) is 39.0 Å². The van der Waals surface area contributed by atoms with Crippen LogP contribution in [0.5, 0.6) is 0 Å². The predicted octanol–water partition coefficient (Wildman–Crippen LogP) is 2.97. The van der Waals surface area contributed by atoms with Gasteiger partial charge in [-0.25, -0.2) is 4.79 Å². The molecule has 0 radical (unpaired) electrons. The third-order valence-electron chi connectivity index (χ3n) is 2.12. The number of halogens is 1. The Kier molecular flexibility index (Phi) is 5.47. The first-order chi connectivity index (χ1) is 8.78. The lowest BCUT2D eigenvalue weighted by molar-refractivity contribution is 0.0530. The lowest BCUT2D eigenvalue weighted by atomic mass is 10.2. The first-order valence-electron chi connectivity index (χ1n) is 6.04. The van der Waals surface area contributed by atoms with Crippen LogP contribution in [-0.2, 0) is 4.74 Å². The van der Waals surface area contributed by atoms with Gasteiger partial charge < -0.3 is 21.1 Å². The van der Waals surface area contributed by atoms with E-state index in [4.69, 9.17) is 10.5 Å². The minimum Gasteiger partial charge on any atom is -0.444 e. The van der Waals surface area contributed by atoms with Crippen LogP contribution in [0.15, 0.2) is 22.7 Å². The molecule has 19 heavy (non-hydrogen) atoms. The number of amides is 1. The van der Waals surface area contributed by atoms with Crippen molar-refractivity contribution in [2.45, 2.75) is 26.4 Å². The Morgan fingerprint density at radius 3 is 2.68 bits per heavy atom. The van der Waals surface area contributed by atoms with Crippen LogP contribution in [0, 0.1) is 0 Å². The van der Waals surface area contributed by atoms with Crippen molar-refractivity contribution in [3.8, 4) is 0 Å². The van der Waals surface area contributed by atoms with Gasteiger partial charge in [-0.15, -0.1) is 0 Å². The van der Waals surface area contributed by atoms with Gasteiger partial charge in [0, 0.05) is 17.6 Å². The van der Waals surface area contributed by atoms with E-state index >= 15 is 0 Å². The van der Waals surface area contributed by atoms with Crippen LogP contribution in [0.25, 0.3) is 0 Å². The van der Waals surface area contributed by atoms with Crippen LogP contribution >= 0.6 is 15.9 Å². The van der Waals surface area contributed by atoms with Crippen LogP contribution in [0.4, 0.5) is 16.2 Å². The molecule has 0 unspecified atom stereocenters. The second-order valence-electron chi connectivity index (χ2n) is 5.09. The quantitative estimate of drug-likeness (QED) is 0.586. The Labute approximate surface area is 122 Å². The number of benzene rings is 1. The van der Waals surface area contributed by atoms with Gasteiger partial charge in [0.05, 0.1) is 11.4 Å². The number of carbonyl (C=O) groups excluding carboxylic acids is 1. The number of hydrogen-bond acceptors (Lipinski definition) is 4. The molecular formula is C13H20BrN3O2. The molecule has 106 valence electrons. The highest BCUT2D eigenvalue weighted by atomic mass is 79.9. The summed E-state index contributed by atoms with van der Waals surface area (Å²) in [7, 11) is 0. The molecule has 0 heterocycles. The largest absolute Gasteiger partial charge is 0.444 e. The zero-order chi connectivity index (χ0) is 14.5. The zero-order valence-corrected chi connectivity index (χ0v) is 13.0. The third kappa shape index (κ3) is 6.33. The number of rotatable bonds is 4. The van der Waals surface area contributed by atoms with E-state index in [0.717, 1.165) is 10.2 Å². The van der Waals surface area contributed by atoms with Crippen LogP contribution in [0.1, 0.15) is 20.8 Å². The summed E-state index contributed by atoms with van der Waals surface area (Å²) in [6.07, 6.45) is -0.420. The molecule has 0 spiro atoms. The number of carbonyl (C=O) groups is 1. The maximum Gasteiger partial charge on any atom is 0.407 e. The minimum absolute atomic E-state index is 0.420. The fourth-order valence-electron chi connectivity index (χ4n) is 1.36. The molecular weight excluding hydrogens is 310 g/mol. The maximum absolute atomic E-state index is 11.4. The highest BCUT2D eigenvalue weighted by molar-refractivity contribution is 9.10. The summed E-state index contributed by atoms with van der Waals surface area (Å²) in [6, 6.07) is 5.58. The lowest BCUT2D eigenvalue weighted by Crippen LogP contribution is -2.35. The molecule has 1 rings (SSSR count). The molecule has 0 aromatic heterocycles. The molecule has 0 aliphatic rings. The number of alkyl carbamates (subject to hydrolysis) is 1. The van der Waals surface area contributed by atoms with Crippen molar-refractivity contribution in [3.05, 3.63) is 22.7 Å². The number of hydrogen-bond donors (Lipinski definition) is 3. The Bertz CT molecular complexity index is 444. The maximum atomic E-state index is 11.4. The molecule has 0 atom stereocenters. The summed E-state index contributed by atoms with van der Waals surface area (Å²) >= 11 is 3.38. The Morgan fingerprint density at radius 1 is 1.37 bits per heavy atom. The van der Waals surface area contributed by atoms with Gasteiger partial charge in [0.1, 0.15) is 5.60 Å². The van der Waals surface area contributed by atoms with E-state index in [-0.39, 0.29) is 0 Å². The Balaban J connectivity index is 2.31. The standard InChI is InChI=1S/C13H20BrN3O2/c1-13(2,3)19-12(18)17-7-6-16-11-8-9(14)4-5-10(11)15/h4-5,8,16H,6-7,15H2,1-3H3,(H,17,18). The zero-order valence-electron chi connectivity index (χ0n) is 11.4. The average Bonchev–Trinajstić information content (AvgIpc) is 2.26. The number of nitrogens with one attached hydrogen (secondary N) is 2. The molecule has 1 aromatic rings. The van der Waals surface area contributed by atoms with E-state index in [2.05, 4.69) is 26.6 Å². The summed E-state index contributed by atoms with van der Waals surface area (Å²) in [4.78, 5) is 11.4. The van der Waals surface area contributed by atoms with E-state index in [0.29, 0.717) is 18.8 Å². The summed E-state index contributed by atoms with van der Waals surface area (Å²) in [5.41, 5.74) is 6.84. The third-order valence-corrected chi connectivity index (χ3v) is 2.62. The minimum atomic E-state index is -0.480. The van der Waals surface area contributed by atoms with E-state index in [1.54, 1.807) is 0 Å². The van der Waals surface area contributed by atoms with Gasteiger partial charge >= 0.3 is 6.09 Å². The van der Waals surface area contributed by atoms with Crippen molar-refractivity contribution in [1.82, 2.24) is 5.32 Å². The van der Waals surface area contributed by atoms with E-state index in [9.17, 15) is 4.79 Å². The van der Waals surface area contributed by atoms with E-state index < -0.39 is 11.7 Å². The van der Waals surface area contributed by atoms with Gasteiger partial charge in [0.25, 0.3) is 0 Å². The van der Waals surface area contributed by atoms with E-state index in [1.165, 1.54) is 0 Å². The fraction of sp³-hybridized carbons (Fsp3) is 0.462. The molecule has 0 saturated heterocycles. The topological polar surface area (TPSA) is 76.4 Å². The van der Waals surface area contributed by atoms with Crippen molar-refractivity contribution in [2.75, 3.05) is 24.1 Å². The number of nitrogen functional groups attached to an aromatic ring is 1. The molecule has 0 saturated carbocycles. The second-order valence-corrected chi connectivity index (χ2v) is 6.00. The normalized spacial score (nSPS) is 10.9. The van der Waals surface area contributed by atoms with Gasteiger partial charge in [-0.3, -0.25) is 0 Å². The molecule has 6 heteroatoms. The van der Waals surface area contributed by atoms with Gasteiger partial charge in [-0.05, 0) is 39.0 Å². The summed E-state index contributed by atoms with van der Waals surface area (Å²) in [5.74, 6) is 0.